The Kier molecular flexibility index (Phi) is 4.11. The van der Waals surface area contributed by atoms with Crippen molar-refractivity contribution >= 4 is 5.97 Å². The molecule has 0 aliphatic heterocycles. The predicted octanol–water partition coefficient (Wildman–Crippen LogP) is 1.96. The van der Waals surface area contributed by atoms with E-state index in [0.717, 1.165) is 0 Å². The van der Waals surface area contributed by atoms with E-state index in [2.05, 4.69) is 11.3 Å². The minimum Gasteiger partial charge on any atom is -0.507 e. The van der Waals surface area contributed by atoms with Crippen molar-refractivity contribution in [3.8, 4) is 0 Å². The number of rotatable bonds is 3. The van der Waals surface area contributed by atoms with E-state index in [0.29, 0.717) is 12.2 Å². The first kappa shape index (κ1) is 10.8. The Bertz CT molecular complexity index is 226. The summed E-state index contributed by atoms with van der Waals surface area (Å²) in [7, 11) is 0. The van der Waals surface area contributed by atoms with E-state index in [4.69, 9.17) is 0 Å². The summed E-state index contributed by atoms with van der Waals surface area (Å²) in [6, 6.07) is 0. The molecule has 0 unspecified atom stereocenters. The van der Waals surface area contributed by atoms with Crippen molar-refractivity contribution in [2.45, 2.75) is 20.8 Å². The lowest BCUT2D eigenvalue weighted by atomic mass is 10.2. The van der Waals surface area contributed by atoms with Crippen molar-refractivity contribution in [1.82, 2.24) is 0 Å². The van der Waals surface area contributed by atoms with Crippen molar-refractivity contribution in [2.75, 3.05) is 6.61 Å². The van der Waals surface area contributed by atoms with Gasteiger partial charge < -0.3 is 9.84 Å². The Balaban J connectivity index is 4.55. The first-order valence-electron chi connectivity index (χ1n) is 3.73. The van der Waals surface area contributed by atoms with Crippen molar-refractivity contribution < 1.29 is 14.6 Å². The summed E-state index contributed by atoms with van der Waals surface area (Å²) in [5.41, 5.74) is 0.657. The monoisotopic (exact) mass is 170 g/mol. The van der Waals surface area contributed by atoms with Crippen molar-refractivity contribution in [1.29, 1.82) is 0 Å². The zero-order valence-corrected chi connectivity index (χ0v) is 7.68. The smallest absolute Gasteiger partial charge is 0.337 e. The van der Waals surface area contributed by atoms with Gasteiger partial charge in [0.15, 0.2) is 0 Å². The molecule has 0 aromatic carbocycles. The predicted molar refractivity (Wildman–Crippen MR) is 46.8 cm³/mol. The Hall–Kier alpha value is -1.25. The van der Waals surface area contributed by atoms with E-state index >= 15 is 0 Å². The highest BCUT2D eigenvalue weighted by Crippen LogP contribution is 2.10. The zero-order valence-electron chi connectivity index (χ0n) is 7.68. The minimum atomic E-state index is -0.502. The van der Waals surface area contributed by atoms with Gasteiger partial charge in [0.25, 0.3) is 0 Å². The summed E-state index contributed by atoms with van der Waals surface area (Å²) in [6.07, 6.45) is 0. The third kappa shape index (κ3) is 2.78. The topological polar surface area (TPSA) is 46.5 Å². The lowest BCUT2D eigenvalue weighted by molar-refractivity contribution is -0.138. The summed E-state index contributed by atoms with van der Waals surface area (Å²) in [4.78, 5) is 11.0. The third-order valence-electron chi connectivity index (χ3n) is 1.34. The molecule has 0 saturated heterocycles. The van der Waals surface area contributed by atoms with Gasteiger partial charge in [-0.05, 0) is 26.3 Å². The number of esters is 1. The SMILES string of the molecule is C=C(C)/C(O)=C(\C)C(=O)OCC. The van der Waals surface area contributed by atoms with E-state index in [9.17, 15) is 9.90 Å². The molecule has 0 spiro atoms. The molecule has 3 nitrogen and oxygen atoms in total. The Morgan fingerprint density at radius 3 is 2.33 bits per heavy atom. The van der Waals surface area contributed by atoms with Gasteiger partial charge in [0.2, 0.25) is 0 Å². The van der Waals surface area contributed by atoms with E-state index in [1.165, 1.54) is 6.92 Å². The molecule has 0 amide bonds. The van der Waals surface area contributed by atoms with Gasteiger partial charge in [-0.2, -0.15) is 0 Å². The van der Waals surface area contributed by atoms with Gasteiger partial charge in [-0.15, -0.1) is 0 Å². The summed E-state index contributed by atoms with van der Waals surface area (Å²) >= 11 is 0. The van der Waals surface area contributed by atoms with Gasteiger partial charge in [0.1, 0.15) is 5.76 Å². The summed E-state index contributed by atoms with van der Waals surface area (Å²) < 4.78 is 4.68. The van der Waals surface area contributed by atoms with Crippen LogP contribution in [-0.4, -0.2) is 17.7 Å². The van der Waals surface area contributed by atoms with E-state index in [-0.39, 0.29) is 11.3 Å². The molecule has 68 valence electrons. The lowest BCUT2D eigenvalue weighted by Crippen LogP contribution is -2.08. The quantitative estimate of drug-likeness (QED) is 0.305. The fraction of sp³-hybridized carbons (Fsp3) is 0.444. The van der Waals surface area contributed by atoms with Crippen LogP contribution in [0, 0.1) is 0 Å². The molecular weight excluding hydrogens is 156 g/mol. The van der Waals surface area contributed by atoms with Crippen molar-refractivity contribution in [2.24, 2.45) is 0 Å². The van der Waals surface area contributed by atoms with Gasteiger partial charge in [0, 0.05) is 0 Å². The molecule has 12 heavy (non-hydrogen) atoms. The van der Waals surface area contributed by atoms with Crippen LogP contribution in [0.3, 0.4) is 0 Å². The fourth-order valence-corrected chi connectivity index (χ4v) is 0.656. The van der Waals surface area contributed by atoms with Crippen LogP contribution in [0.2, 0.25) is 0 Å². The van der Waals surface area contributed by atoms with Crippen LogP contribution in [0.15, 0.2) is 23.5 Å². The molecule has 0 bridgehead atoms. The number of hydrogen-bond donors (Lipinski definition) is 1. The van der Waals surface area contributed by atoms with Crippen LogP contribution in [0.1, 0.15) is 20.8 Å². The number of ether oxygens (including phenoxy) is 1. The molecule has 0 rings (SSSR count). The van der Waals surface area contributed by atoms with Crippen LogP contribution in [0.5, 0.6) is 0 Å². The average Bonchev–Trinajstić information content (AvgIpc) is 2.02. The summed E-state index contributed by atoms with van der Waals surface area (Å²) in [5, 5.41) is 9.27. The first-order valence-corrected chi connectivity index (χ1v) is 3.73. The molecule has 0 aromatic rings. The lowest BCUT2D eigenvalue weighted by Gasteiger charge is -2.04. The maximum Gasteiger partial charge on any atom is 0.337 e. The Morgan fingerprint density at radius 2 is 2.00 bits per heavy atom. The van der Waals surface area contributed by atoms with Crippen LogP contribution in [-0.2, 0) is 9.53 Å². The maximum atomic E-state index is 11.0. The molecule has 0 aromatic heterocycles. The summed E-state index contributed by atoms with van der Waals surface area (Å²) in [5.74, 6) is -0.591. The number of allylic oxidation sites excluding steroid dienone is 1. The molecule has 0 fully saturated rings. The van der Waals surface area contributed by atoms with Gasteiger partial charge in [-0.3, -0.25) is 0 Å². The van der Waals surface area contributed by atoms with Crippen LogP contribution >= 0.6 is 0 Å². The van der Waals surface area contributed by atoms with Crippen LogP contribution < -0.4 is 0 Å². The van der Waals surface area contributed by atoms with Crippen molar-refractivity contribution in [3.05, 3.63) is 23.5 Å². The van der Waals surface area contributed by atoms with Gasteiger partial charge in [0.05, 0.1) is 12.2 Å². The normalized spacial score (nSPS) is 11.9. The van der Waals surface area contributed by atoms with Crippen LogP contribution in [0.25, 0.3) is 0 Å². The Morgan fingerprint density at radius 1 is 1.50 bits per heavy atom. The van der Waals surface area contributed by atoms with Crippen LogP contribution in [0.4, 0.5) is 0 Å². The highest BCUT2D eigenvalue weighted by atomic mass is 16.5. The zero-order chi connectivity index (χ0) is 9.72. The molecule has 0 heterocycles. The molecule has 0 radical (unpaired) electrons. The minimum absolute atomic E-state index is 0.0894. The number of aliphatic hydroxyl groups excluding tert-OH is 1. The number of carbonyl (C=O) groups is 1. The molecule has 0 atom stereocenters. The molecule has 3 heteroatoms. The second kappa shape index (κ2) is 4.59. The standard InChI is InChI=1S/C9H14O3/c1-5-12-9(11)7(4)8(10)6(2)3/h10H,2,5H2,1,3-4H3/b8-7-. The number of carbonyl (C=O) groups excluding carboxylic acids is 1. The average molecular weight is 170 g/mol. The first-order chi connectivity index (χ1) is 5.50. The second-order valence-electron chi connectivity index (χ2n) is 2.47. The maximum absolute atomic E-state index is 11.0. The second-order valence-corrected chi connectivity index (χ2v) is 2.47. The van der Waals surface area contributed by atoms with Gasteiger partial charge in [-0.25, -0.2) is 4.79 Å². The highest BCUT2D eigenvalue weighted by molar-refractivity contribution is 5.88. The van der Waals surface area contributed by atoms with E-state index in [1.54, 1.807) is 13.8 Å². The molecule has 0 aliphatic carbocycles. The molecule has 1 N–H and O–H groups in total. The van der Waals surface area contributed by atoms with E-state index in [1.807, 2.05) is 0 Å². The fourth-order valence-electron chi connectivity index (χ4n) is 0.656. The number of hydrogen-bond acceptors (Lipinski definition) is 3. The third-order valence-corrected chi connectivity index (χ3v) is 1.34. The molecular formula is C9H14O3. The Labute approximate surface area is 72.3 Å². The van der Waals surface area contributed by atoms with E-state index < -0.39 is 5.97 Å². The van der Waals surface area contributed by atoms with Crippen molar-refractivity contribution in [3.63, 3.8) is 0 Å². The summed E-state index contributed by atoms with van der Waals surface area (Å²) in [6.45, 7) is 8.64. The molecule has 0 aliphatic rings. The van der Waals surface area contributed by atoms with Gasteiger partial charge >= 0.3 is 5.97 Å². The largest absolute Gasteiger partial charge is 0.507 e. The van der Waals surface area contributed by atoms with Gasteiger partial charge in [-0.1, -0.05) is 6.58 Å². The highest BCUT2D eigenvalue weighted by Gasteiger charge is 2.10. The molecule has 0 saturated carbocycles. The number of aliphatic hydroxyl groups is 1.